The summed E-state index contributed by atoms with van der Waals surface area (Å²) < 4.78 is 5.28. The van der Waals surface area contributed by atoms with E-state index in [1.165, 1.54) is 16.3 Å². The molecule has 0 saturated heterocycles. The summed E-state index contributed by atoms with van der Waals surface area (Å²) in [5, 5.41) is 1.50. The third-order valence-corrected chi connectivity index (χ3v) is 9.30. The maximum atomic E-state index is 5.28. The molecule has 0 heterocycles. The first-order chi connectivity index (χ1) is 9.30. The fraction of sp³-hybridized carbons (Fsp3) is 0.444. The maximum Gasteiger partial charge on any atom is 0.118 e. The lowest BCUT2D eigenvalue weighted by Gasteiger charge is -2.33. The zero-order valence-corrected chi connectivity index (χ0v) is 14.8. The molecule has 1 aliphatic rings. The molecule has 108 valence electrons. The van der Waals surface area contributed by atoms with E-state index in [1.807, 2.05) is 0 Å². The molecule has 0 unspecified atom stereocenters. The first kappa shape index (κ1) is 15.1. The third kappa shape index (κ3) is 2.26. The third-order valence-electron chi connectivity index (χ3n) is 5.17. The van der Waals surface area contributed by atoms with Crippen molar-refractivity contribution in [1.29, 1.82) is 0 Å². The van der Waals surface area contributed by atoms with Gasteiger partial charge in [0.2, 0.25) is 0 Å². The summed E-state index contributed by atoms with van der Waals surface area (Å²) in [5.74, 6) is 0.942. The summed E-state index contributed by atoms with van der Waals surface area (Å²) in [5.41, 5.74) is 6.79. The van der Waals surface area contributed by atoms with Gasteiger partial charge in [0.25, 0.3) is 0 Å². The van der Waals surface area contributed by atoms with Crippen LogP contribution in [0.4, 0.5) is 0 Å². The molecule has 0 aliphatic heterocycles. The summed E-state index contributed by atoms with van der Waals surface area (Å²) in [6.07, 6.45) is 0. The molecule has 1 aromatic rings. The summed E-state index contributed by atoms with van der Waals surface area (Å²) in [4.78, 5) is 0. The molecule has 0 atom stereocenters. The number of allylic oxidation sites excluding steroid dienone is 4. The average molecular weight is 286 g/mol. The molecular weight excluding hydrogens is 260 g/mol. The molecule has 0 N–H and O–H groups in total. The van der Waals surface area contributed by atoms with Crippen LogP contribution < -0.4 is 9.92 Å². The minimum Gasteiger partial charge on any atom is -0.497 e. The van der Waals surface area contributed by atoms with Crippen molar-refractivity contribution in [3.8, 4) is 5.75 Å². The summed E-state index contributed by atoms with van der Waals surface area (Å²) in [6.45, 7) is 14.1. The molecule has 2 heteroatoms. The minimum absolute atomic E-state index is 0.635. The average Bonchev–Trinajstić information content (AvgIpc) is 2.63. The molecule has 1 aliphatic carbocycles. The van der Waals surface area contributed by atoms with Crippen LogP contribution in [0.2, 0.25) is 18.6 Å². The molecule has 0 bridgehead atoms. The number of ether oxygens (including phenoxy) is 1. The van der Waals surface area contributed by atoms with Gasteiger partial charge >= 0.3 is 0 Å². The van der Waals surface area contributed by atoms with Crippen LogP contribution in [-0.2, 0) is 0 Å². The Morgan fingerprint density at radius 1 is 0.850 bits per heavy atom. The largest absolute Gasteiger partial charge is 0.497 e. The highest BCUT2D eigenvalue weighted by Gasteiger charge is 2.39. The van der Waals surface area contributed by atoms with E-state index in [9.17, 15) is 0 Å². The van der Waals surface area contributed by atoms with Gasteiger partial charge in [-0.3, -0.25) is 0 Å². The summed E-state index contributed by atoms with van der Waals surface area (Å²) in [6, 6.07) is 8.71. The van der Waals surface area contributed by atoms with Crippen LogP contribution >= 0.6 is 0 Å². The van der Waals surface area contributed by atoms with Gasteiger partial charge in [0.05, 0.1) is 15.2 Å². The molecule has 0 spiro atoms. The molecule has 1 aromatic carbocycles. The first-order valence-corrected chi connectivity index (χ1v) is 10.4. The fourth-order valence-electron chi connectivity index (χ4n) is 3.62. The standard InChI is InChI=1S/C18H26OSi/c1-12-13(2)15(4)18(14(12)3)20(6,7)17-10-8-16(19-5)9-11-17/h8-11,18H,1-7H3. The van der Waals surface area contributed by atoms with E-state index in [1.54, 1.807) is 18.3 Å². The van der Waals surface area contributed by atoms with Crippen molar-refractivity contribution in [2.24, 2.45) is 0 Å². The number of hydrogen-bond acceptors (Lipinski definition) is 1. The quantitative estimate of drug-likeness (QED) is 0.734. The highest BCUT2D eigenvalue weighted by molar-refractivity contribution is 6.92. The van der Waals surface area contributed by atoms with Crippen molar-refractivity contribution in [3.05, 3.63) is 46.6 Å². The van der Waals surface area contributed by atoms with Crippen LogP contribution in [0.5, 0.6) is 5.75 Å². The number of methoxy groups -OCH3 is 1. The molecule has 20 heavy (non-hydrogen) atoms. The summed E-state index contributed by atoms with van der Waals surface area (Å²) in [7, 11) is 0.160. The van der Waals surface area contributed by atoms with Crippen LogP contribution in [0.1, 0.15) is 27.7 Å². The Morgan fingerprint density at radius 3 is 1.70 bits per heavy atom. The minimum atomic E-state index is -1.56. The van der Waals surface area contributed by atoms with Crippen molar-refractivity contribution in [1.82, 2.24) is 0 Å². The first-order valence-electron chi connectivity index (χ1n) is 7.30. The zero-order valence-electron chi connectivity index (χ0n) is 13.8. The van der Waals surface area contributed by atoms with Crippen LogP contribution in [0.3, 0.4) is 0 Å². The van der Waals surface area contributed by atoms with Gasteiger partial charge in [0, 0.05) is 5.54 Å². The van der Waals surface area contributed by atoms with Crippen molar-refractivity contribution in [2.75, 3.05) is 7.11 Å². The van der Waals surface area contributed by atoms with Gasteiger partial charge in [-0.25, -0.2) is 0 Å². The smallest absolute Gasteiger partial charge is 0.118 e. The van der Waals surface area contributed by atoms with Gasteiger partial charge in [-0.2, -0.15) is 0 Å². The van der Waals surface area contributed by atoms with E-state index in [2.05, 4.69) is 65.1 Å². The zero-order chi connectivity index (χ0) is 15.1. The predicted octanol–water partition coefficient (Wildman–Crippen LogP) is 4.67. The number of hydrogen-bond donors (Lipinski definition) is 0. The van der Waals surface area contributed by atoms with Crippen molar-refractivity contribution in [2.45, 2.75) is 46.3 Å². The van der Waals surface area contributed by atoms with Crippen molar-refractivity contribution in [3.63, 3.8) is 0 Å². The molecule has 0 saturated carbocycles. The predicted molar refractivity (Wildman–Crippen MR) is 90.6 cm³/mol. The van der Waals surface area contributed by atoms with Crippen LogP contribution in [-0.4, -0.2) is 15.2 Å². The van der Waals surface area contributed by atoms with E-state index in [0.717, 1.165) is 5.75 Å². The van der Waals surface area contributed by atoms with Gasteiger partial charge < -0.3 is 4.74 Å². The van der Waals surface area contributed by atoms with Crippen LogP contribution in [0.15, 0.2) is 46.6 Å². The van der Waals surface area contributed by atoms with Gasteiger partial charge in [0.15, 0.2) is 0 Å². The topological polar surface area (TPSA) is 9.23 Å². The Kier molecular flexibility index (Phi) is 3.97. The van der Waals surface area contributed by atoms with Crippen LogP contribution in [0.25, 0.3) is 0 Å². The normalized spacial score (nSPS) is 17.1. The Morgan fingerprint density at radius 2 is 1.30 bits per heavy atom. The van der Waals surface area contributed by atoms with Gasteiger partial charge in [-0.1, -0.05) is 41.6 Å². The summed E-state index contributed by atoms with van der Waals surface area (Å²) >= 11 is 0. The molecule has 0 aromatic heterocycles. The van der Waals surface area contributed by atoms with Gasteiger partial charge in [-0.05, 0) is 51.0 Å². The molecule has 2 rings (SSSR count). The SMILES string of the molecule is COc1ccc([Si](C)(C)C2C(C)=C(C)C(C)=C2C)cc1. The van der Waals surface area contributed by atoms with Crippen molar-refractivity contribution >= 4 is 13.3 Å². The highest BCUT2D eigenvalue weighted by Crippen LogP contribution is 2.46. The highest BCUT2D eigenvalue weighted by atomic mass is 28.3. The Balaban J connectivity index is 2.45. The Labute approximate surface area is 124 Å². The van der Waals surface area contributed by atoms with E-state index in [4.69, 9.17) is 4.74 Å². The van der Waals surface area contributed by atoms with Crippen LogP contribution in [0, 0.1) is 0 Å². The Bertz CT molecular complexity index is 552. The lowest BCUT2D eigenvalue weighted by Crippen LogP contribution is -2.46. The molecule has 1 nitrogen and oxygen atoms in total. The second kappa shape index (κ2) is 5.25. The van der Waals surface area contributed by atoms with E-state index >= 15 is 0 Å². The van der Waals surface area contributed by atoms with Gasteiger partial charge in [-0.15, -0.1) is 0 Å². The van der Waals surface area contributed by atoms with E-state index in [0.29, 0.717) is 5.54 Å². The molecule has 0 radical (unpaired) electrons. The molecule has 0 fully saturated rings. The Hall–Kier alpha value is -1.28. The van der Waals surface area contributed by atoms with E-state index < -0.39 is 8.07 Å². The lowest BCUT2D eigenvalue weighted by molar-refractivity contribution is 0.415. The van der Waals surface area contributed by atoms with Gasteiger partial charge in [0.1, 0.15) is 5.75 Å². The number of rotatable bonds is 3. The maximum absolute atomic E-state index is 5.28. The second-order valence-corrected chi connectivity index (χ2v) is 11.1. The lowest BCUT2D eigenvalue weighted by atomic mass is 10.1. The number of benzene rings is 1. The van der Waals surface area contributed by atoms with Crippen molar-refractivity contribution < 1.29 is 4.74 Å². The molecule has 0 amide bonds. The second-order valence-electron chi connectivity index (χ2n) is 6.50. The fourth-order valence-corrected chi connectivity index (χ4v) is 7.58. The molecular formula is C18H26OSi. The van der Waals surface area contributed by atoms with E-state index in [-0.39, 0.29) is 0 Å². The monoisotopic (exact) mass is 286 g/mol.